The predicted molar refractivity (Wildman–Crippen MR) is 106 cm³/mol. The summed E-state index contributed by atoms with van der Waals surface area (Å²) < 4.78 is 18.4. The zero-order valence-electron chi connectivity index (χ0n) is 16.6. The Hall–Kier alpha value is -2.89. The number of nitrogens with one attached hydrogen (secondary N) is 1. The molecule has 2 rings (SSSR count). The zero-order valence-corrected chi connectivity index (χ0v) is 16.6. The van der Waals surface area contributed by atoms with Crippen molar-refractivity contribution < 1.29 is 18.7 Å². The molecule has 150 valence electrons. The number of methoxy groups -OCH3 is 1. The van der Waals surface area contributed by atoms with Gasteiger partial charge < -0.3 is 15.0 Å². The maximum Gasteiger partial charge on any atom is 0.242 e. The van der Waals surface area contributed by atoms with Crippen molar-refractivity contribution in [2.45, 2.75) is 39.3 Å². The molecule has 0 heterocycles. The number of carbonyl (C=O) groups excluding carboxylic acids is 2. The quantitative estimate of drug-likeness (QED) is 0.719. The number of halogens is 1. The van der Waals surface area contributed by atoms with Gasteiger partial charge in [-0.1, -0.05) is 31.2 Å². The SMILES string of the molecule is CCCNC(=O)[C@H](C)N(Cc1cccc(OC)c1)C(=O)Cc1ccc(F)cc1. The molecule has 0 saturated carbocycles. The van der Waals surface area contributed by atoms with Crippen molar-refractivity contribution in [2.24, 2.45) is 0 Å². The van der Waals surface area contributed by atoms with Crippen LogP contribution in [-0.2, 0) is 22.6 Å². The molecule has 0 bridgehead atoms. The third-order valence-electron chi connectivity index (χ3n) is 4.47. The van der Waals surface area contributed by atoms with Crippen molar-refractivity contribution in [2.75, 3.05) is 13.7 Å². The van der Waals surface area contributed by atoms with Crippen LogP contribution in [0.15, 0.2) is 48.5 Å². The Labute approximate surface area is 165 Å². The van der Waals surface area contributed by atoms with Gasteiger partial charge in [-0.3, -0.25) is 9.59 Å². The minimum Gasteiger partial charge on any atom is -0.497 e. The van der Waals surface area contributed by atoms with Crippen LogP contribution in [0, 0.1) is 5.82 Å². The molecule has 0 aromatic heterocycles. The lowest BCUT2D eigenvalue weighted by Crippen LogP contribution is -2.48. The lowest BCUT2D eigenvalue weighted by Gasteiger charge is -2.29. The summed E-state index contributed by atoms with van der Waals surface area (Å²) in [5.74, 6) is -0.0611. The smallest absolute Gasteiger partial charge is 0.242 e. The highest BCUT2D eigenvalue weighted by atomic mass is 19.1. The molecule has 0 aliphatic heterocycles. The molecular formula is C22H27FN2O3. The fourth-order valence-electron chi connectivity index (χ4n) is 2.82. The number of nitrogens with zero attached hydrogens (tertiary/aromatic N) is 1. The van der Waals surface area contributed by atoms with Gasteiger partial charge >= 0.3 is 0 Å². The second-order valence-electron chi connectivity index (χ2n) is 6.64. The van der Waals surface area contributed by atoms with E-state index in [0.29, 0.717) is 17.9 Å². The first-order valence-electron chi connectivity index (χ1n) is 9.39. The van der Waals surface area contributed by atoms with Crippen LogP contribution in [-0.4, -0.2) is 36.4 Å². The number of ether oxygens (including phenoxy) is 1. The standard InChI is InChI=1S/C22H27FN2O3/c1-4-12-24-22(27)16(2)25(15-18-6-5-7-20(13-18)28-3)21(26)14-17-8-10-19(23)11-9-17/h5-11,13,16H,4,12,14-15H2,1-3H3,(H,24,27)/t16-/m0/s1. The summed E-state index contributed by atoms with van der Waals surface area (Å²) in [5.41, 5.74) is 1.56. The van der Waals surface area contributed by atoms with E-state index in [1.807, 2.05) is 31.2 Å². The predicted octanol–water partition coefficient (Wildman–Crippen LogP) is 3.32. The molecule has 6 heteroatoms. The highest BCUT2D eigenvalue weighted by Crippen LogP contribution is 2.17. The van der Waals surface area contributed by atoms with Crippen molar-refractivity contribution in [1.29, 1.82) is 0 Å². The number of hydrogen-bond acceptors (Lipinski definition) is 3. The number of benzene rings is 2. The van der Waals surface area contributed by atoms with Crippen LogP contribution < -0.4 is 10.1 Å². The summed E-state index contributed by atoms with van der Waals surface area (Å²) >= 11 is 0. The van der Waals surface area contributed by atoms with E-state index >= 15 is 0 Å². The lowest BCUT2D eigenvalue weighted by molar-refractivity contribution is -0.140. The molecule has 0 radical (unpaired) electrons. The third-order valence-corrected chi connectivity index (χ3v) is 4.47. The lowest BCUT2D eigenvalue weighted by atomic mass is 10.1. The summed E-state index contributed by atoms with van der Waals surface area (Å²) in [6.45, 7) is 4.52. The molecule has 28 heavy (non-hydrogen) atoms. The van der Waals surface area contributed by atoms with Gasteiger partial charge in [-0.15, -0.1) is 0 Å². The van der Waals surface area contributed by atoms with Crippen LogP contribution in [0.25, 0.3) is 0 Å². The highest BCUT2D eigenvalue weighted by Gasteiger charge is 2.26. The van der Waals surface area contributed by atoms with Crippen molar-refractivity contribution in [1.82, 2.24) is 10.2 Å². The Kier molecular flexibility index (Phi) is 7.99. The molecule has 0 aliphatic carbocycles. The van der Waals surface area contributed by atoms with Crippen molar-refractivity contribution in [3.63, 3.8) is 0 Å². The number of hydrogen-bond donors (Lipinski definition) is 1. The van der Waals surface area contributed by atoms with Gasteiger partial charge in [0.05, 0.1) is 13.5 Å². The largest absolute Gasteiger partial charge is 0.497 e. The van der Waals surface area contributed by atoms with Crippen molar-refractivity contribution >= 4 is 11.8 Å². The average Bonchev–Trinajstić information content (AvgIpc) is 2.71. The van der Waals surface area contributed by atoms with E-state index in [4.69, 9.17) is 4.74 Å². The maximum absolute atomic E-state index is 13.1. The zero-order chi connectivity index (χ0) is 20.5. The second-order valence-corrected chi connectivity index (χ2v) is 6.64. The molecule has 0 spiro atoms. The van der Waals surface area contributed by atoms with Gasteiger partial charge in [-0.05, 0) is 48.7 Å². The van der Waals surface area contributed by atoms with Crippen LogP contribution in [0.5, 0.6) is 5.75 Å². The Bertz CT molecular complexity index is 793. The normalized spacial score (nSPS) is 11.6. The van der Waals surface area contributed by atoms with Crippen molar-refractivity contribution in [3.8, 4) is 5.75 Å². The van der Waals surface area contributed by atoms with Crippen LogP contribution in [0.4, 0.5) is 4.39 Å². The van der Waals surface area contributed by atoms with Gasteiger partial charge in [-0.2, -0.15) is 0 Å². The van der Waals surface area contributed by atoms with E-state index in [0.717, 1.165) is 12.0 Å². The van der Waals surface area contributed by atoms with Gasteiger partial charge in [0.15, 0.2) is 0 Å². The molecule has 2 amide bonds. The van der Waals surface area contributed by atoms with Crippen LogP contribution in [0.1, 0.15) is 31.4 Å². The summed E-state index contributed by atoms with van der Waals surface area (Å²) in [4.78, 5) is 27.0. The number of amides is 2. The van der Waals surface area contributed by atoms with Crippen molar-refractivity contribution in [3.05, 3.63) is 65.5 Å². The first-order valence-corrected chi connectivity index (χ1v) is 9.39. The monoisotopic (exact) mass is 386 g/mol. The molecule has 0 saturated heterocycles. The molecule has 0 unspecified atom stereocenters. The second kappa shape index (κ2) is 10.4. The van der Waals surface area contributed by atoms with Crippen LogP contribution in [0.3, 0.4) is 0 Å². The Morgan fingerprint density at radius 1 is 1.14 bits per heavy atom. The first-order chi connectivity index (χ1) is 13.4. The highest BCUT2D eigenvalue weighted by molar-refractivity contribution is 5.88. The molecule has 1 atom stereocenters. The minimum absolute atomic E-state index is 0.0929. The topological polar surface area (TPSA) is 58.6 Å². The van der Waals surface area contributed by atoms with E-state index in [9.17, 15) is 14.0 Å². The summed E-state index contributed by atoms with van der Waals surface area (Å²) in [7, 11) is 1.58. The van der Waals surface area contributed by atoms with Gasteiger partial charge in [0.25, 0.3) is 0 Å². The first kappa shape index (κ1) is 21.4. The van der Waals surface area contributed by atoms with E-state index in [-0.39, 0.29) is 30.6 Å². The molecule has 2 aromatic rings. The fraction of sp³-hybridized carbons (Fsp3) is 0.364. The summed E-state index contributed by atoms with van der Waals surface area (Å²) in [6, 6.07) is 12.6. The van der Waals surface area contributed by atoms with E-state index in [2.05, 4.69) is 5.32 Å². The molecule has 5 nitrogen and oxygen atoms in total. The molecule has 1 N–H and O–H groups in total. The minimum atomic E-state index is -0.634. The third kappa shape index (κ3) is 6.08. The average molecular weight is 386 g/mol. The number of carbonyl (C=O) groups is 2. The number of rotatable bonds is 9. The van der Waals surface area contributed by atoms with E-state index in [1.54, 1.807) is 31.1 Å². The van der Waals surface area contributed by atoms with Crippen LogP contribution >= 0.6 is 0 Å². The maximum atomic E-state index is 13.1. The Balaban J connectivity index is 2.21. The summed E-state index contributed by atoms with van der Waals surface area (Å²) in [5, 5.41) is 2.84. The Morgan fingerprint density at radius 2 is 1.86 bits per heavy atom. The Morgan fingerprint density at radius 3 is 2.50 bits per heavy atom. The molecule has 2 aromatic carbocycles. The van der Waals surface area contributed by atoms with Gasteiger partial charge in [0.2, 0.25) is 11.8 Å². The van der Waals surface area contributed by atoms with Gasteiger partial charge in [0, 0.05) is 13.1 Å². The van der Waals surface area contributed by atoms with Gasteiger partial charge in [0.1, 0.15) is 17.6 Å². The molecule has 0 aliphatic rings. The van der Waals surface area contributed by atoms with E-state index in [1.165, 1.54) is 12.1 Å². The summed E-state index contributed by atoms with van der Waals surface area (Å²) in [6.07, 6.45) is 0.910. The van der Waals surface area contributed by atoms with Gasteiger partial charge in [-0.25, -0.2) is 4.39 Å². The molecule has 0 fully saturated rings. The molecular weight excluding hydrogens is 359 g/mol. The van der Waals surface area contributed by atoms with Crippen LogP contribution in [0.2, 0.25) is 0 Å². The fourth-order valence-corrected chi connectivity index (χ4v) is 2.82. The van der Waals surface area contributed by atoms with E-state index < -0.39 is 6.04 Å².